The molecule has 122 valence electrons. The van der Waals surface area contributed by atoms with Crippen LogP contribution >= 0.6 is 0 Å². The fourth-order valence-corrected chi connectivity index (χ4v) is 3.51. The molecule has 24 heavy (non-hydrogen) atoms. The molecule has 2 fully saturated rings. The van der Waals surface area contributed by atoms with Gasteiger partial charge in [0.05, 0.1) is 5.41 Å². The summed E-state index contributed by atoms with van der Waals surface area (Å²) in [5, 5.41) is 12.8. The zero-order valence-corrected chi connectivity index (χ0v) is 12.7. The summed E-state index contributed by atoms with van der Waals surface area (Å²) >= 11 is 0. The van der Waals surface area contributed by atoms with Crippen molar-refractivity contribution in [1.29, 1.82) is 0 Å². The average Bonchev–Trinajstić information content (AvgIpc) is 2.97. The SMILES string of the molecule is FC1(F)CCC12CN(c1ccc3nnc(-c4ccccn4)n3n1)C2. The normalized spacial score (nSPS) is 20.8. The van der Waals surface area contributed by atoms with Crippen molar-refractivity contribution in [2.75, 3.05) is 18.0 Å². The molecule has 1 spiro atoms. The van der Waals surface area contributed by atoms with Gasteiger partial charge in [0.15, 0.2) is 5.65 Å². The van der Waals surface area contributed by atoms with E-state index in [2.05, 4.69) is 20.3 Å². The van der Waals surface area contributed by atoms with Crippen molar-refractivity contribution >= 4 is 11.5 Å². The van der Waals surface area contributed by atoms with Gasteiger partial charge >= 0.3 is 0 Å². The zero-order chi connectivity index (χ0) is 16.4. The fraction of sp³-hybridized carbons (Fsp3) is 0.375. The van der Waals surface area contributed by atoms with E-state index in [-0.39, 0.29) is 6.42 Å². The van der Waals surface area contributed by atoms with Crippen LogP contribution in [0.4, 0.5) is 14.6 Å². The van der Waals surface area contributed by atoms with Crippen LogP contribution in [0.1, 0.15) is 12.8 Å². The van der Waals surface area contributed by atoms with E-state index >= 15 is 0 Å². The van der Waals surface area contributed by atoms with Crippen LogP contribution in [0, 0.1) is 5.41 Å². The smallest absolute Gasteiger partial charge is 0.257 e. The lowest BCUT2D eigenvalue weighted by Crippen LogP contribution is -2.70. The largest absolute Gasteiger partial charge is 0.353 e. The molecular weight excluding hydrogens is 314 g/mol. The van der Waals surface area contributed by atoms with Gasteiger partial charge in [-0.2, -0.15) is 4.52 Å². The van der Waals surface area contributed by atoms with Crippen LogP contribution in [0.3, 0.4) is 0 Å². The molecule has 2 aliphatic rings. The molecule has 6 nitrogen and oxygen atoms in total. The molecule has 0 unspecified atom stereocenters. The molecular formula is C16H14F2N6. The maximum atomic E-state index is 13.7. The van der Waals surface area contributed by atoms with Gasteiger partial charge in [-0.1, -0.05) is 6.07 Å². The summed E-state index contributed by atoms with van der Waals surface area (Å²) in [6, 6.07) is 9.12. The lowest BCUT2D eigenvalue weighted by atomic mass is 9.60. The Morgan fingerprint density at radius 1 is 1.00 bits per heavy atom. The molecule has 3 aromatic rings. The summed E-state index contributed by atoms with van der Waals surface area (Å²) in [6.07, 6.45) is 2.27. The summed E-state index contributed by atoms with van der Waals surface area (Å²) in [7, 11) is 0. The van der Waals surface area contributed by atoms with Crippen molar-refractivity contribution < 1.29 is 8.78 Å². The van der Waals surface area contributed by atoms with Crippen LogP contribution < -0.4 is 4.90 Å². The number of hydrogen-bond acceptors (Lipinski definition) is 5. The van der Waals surface area contributed by atoms with Gasteiger partial charge in [-0.15, -0.1) is 15.3 Å². The Balaban J connectivity index is 1.49. The van der Waals surface area contributed by atoms with Gasteiger partial charge in [-0.25, -0.2) is 8.78 Å². The van der Waals surface area contributed by atoms with E-state index in [9.17, 15) is 8.78 Å². The van der Waals surface area contributed by atoms with Crippen molar-refractivity contribution in [3.8, 4) is 11.5 Å². The Kier molecular flexibility index (Phi) is 2.56. The Morgan fingerprint density at radius 2 is 1.88 bits per heavy atom. The molecule has 1 aliphatic heterocycles. The highest BCUT2D eigenvalue weighted by Crippen LogP contribution is 2.59. The topological polar surface area (TPSA) is 59.2 Å². The molecule has 0 amide bonds. The van der Waals surface area contributed by atoms with Crippen molar-refractivity contribution in [2.45, 2.75) is 18.8 Å². The standard InChI is InChI=1S/C16H14F2N6/c17-16(18)7-6-15(16)9-23(10-15)13-5-4-12-20-21-14(24(12)22-13)11-3-1-2-8-19-11/h1-5,8H,6-7,9-10H2. The Bertz CT molecular complexity index is 917. The molecule has 3 aromatic heterocycles. The summed E-state index contributed by atoms with van der Waals surface area (Å²) in [5.41, 5.74) is 0.421. The summed E-state index contributed by atoms with van der Waals surface area (Å²) in [5.74, 6) is -1.34. The van der Waals surface area contributed by atoms with Gasteiger partial charge in [0.25, 0.3) is 5.92 Å². The molecule has 1 saturated heterocycles. The summed E-state index contributed by atoms with van der Waals surface area (Å²) < 4.78 is 29.1. The lowest BCUT2D eigenvalue weighted by molar-refractivity contribution is -0.212. The lowest BCUT2D eigenvalue weighted by Gasteiger charge is -2.60. The third-order valence-corrected chi connectivity index (χ3v) is 5.15. The number of pyridine rings is 1. The number of anilines is 1. The van der Waals surface area contributed by atoms with E-state index in [0.29, 0.717) is 42.5 Å². The van der Waals surface area contributed by atoms with Gasteiger partial charge in [0, 0.05) is 25.7 Å². The number of aromatic nitrogens is 5. The average molecular weight is 328 g/mol. The van der Waals surface area contributed by atoms with Gasteiger partial charge in [-0.3, -0.25) is 4.98 Å². The number of alkyl halides is 2. The first-order valence-corrected chi connectivity index (χ1v) is 7.85. The maximum absolute atomic E-state index is 13.7. The van der Waals surface area contributed by atoms with Crippen LogP contribution in [0.15, 0.2) is 36.5 Å². The highest BCUT2D eigenvalue weighted by Gasteiger charge is 2.67. The molecule has 0 bridgehead atoms. The minimum Gasteiger partial charge on any atom is -0.353 e. The number of nitrogens with zero attached hydrogens (tertiary/aromatic N) is 6. The molecule has 0 aromatic carbocycles. The highest BCUT2D eigenvalue weighted by atomic mass is 19.3. The van der Waals surface area contributed by atoms with E-state index in [4.69, 9.17) is 0 Å². The molecule has 4 heterocycles. The van der Waals surface area contributed by atoms with Crippen LogP contribution in [0.2, 0.25) is 0 Å². The van der Waals surface area contributed by atoms with Gasteiger partial charge < -0.3 is 4.90 Å². The Hall–Kier alpha value is -2.64. The number of hydrogen-bond donors (Lipinski definition) is 0. The minimum absolute atomic E-state index is 0.00255. The first-order valence-electron chi connectivity index (χ1n) is 7.85. The Morgan fingerprint density at radius 3 is 2.54 bits per heavy atom. The number of rotatable bonds is 2. The molecule has 0 radical (unpaired) electrons. The van der Waals surface area contributed by atoms with E-state index < -0.39 is 11.3 Å². The minimum atomic E-state index is -2.54. The first kappa shape index (κ1) is 13.8. The third-order valence-electron chi connectivity index (χ3n) is 5.15. The third kappa shape index (κ3) is 1.73. The predicted octanol–water partition coefficient (Wildman–Crippen LogP) is 2.42. The van der Waals surface area contributed by atoms with E-state index in [1.54, 1.807) is 22.8 Å². The molecule has 5 rings (SSSR count). The van der Waals surface area contributed by atoms with E-state index in [1.165, 1.54) is 0 Å². The first-order chi connectivity index (χ1) is 11.6. The monoisotopic (exact) mass is 328 g/mol. The van der Waals surface area contributed by atoms with Gasteiger partial charge in [-0.05, 0) is 30.7 Å². The molecule has 1 saturated carbocycles. The van der Waals surface area contributed by atoms with Crippen molar-refractivity contribution in [3.05, 3.63) is 36.5 Å². The quantitative estimate of drug-likeness (QED) is 0.723. The van der Waals surface area contributed by atoms with Crippen LogP contribution in [-0.2, 0) is 0 Å². The number of fused-ring (bicyclic) bond motifs is 1. The van der Waals surface area contributed by atoms with Crippen molar-refractivity contribution in [3.63, 3.8) is 0 Å². The predicted molar refractivity (Wildman–Crippen MR) is 82.8 cm³/mol. The fourth-order valence-electron chi connectivity index (χ4n) is 3.51. The Labute approximate surface area is 136 Å². The molecule has 0 N–H and O–H groups in total. The zero-order valence-electron chi connectivity index (χ0n) is 12.7. The van der Waals surface area contributed by atoms with Gasteiger partial charge in [0.2, 0.25) is 5.82 Å². The highest BCUT2D eigenvalue weighted by molar-refractivity contribution is 5.56. The van der Waals surface area contributed by atoms with Crippen molar-refractivity contribution in [2.24, 2.45) is 5.41 Å². The van der Waals surface area contributed by atoms with Crippen LogP contribution in [0.25, 0.3) is 17.2 Å². The van der Waals surface area contributed by atoms with Crippen LogP contribution in [0.5, 0.6) is 0 Å². The summed E-state index contributed by atoms with van der Waals surface area (Å²) in [6.45, 7) is 0.694. The van der Waals surface area contributed by atoms with E-state index in [1.807, 2.05) is 23.1 Å². The summed E-state index contributed by atoms with van der Waals surface area (Å²) in [4.78, 5) is 6.15. The maximum Gasteiger partial charge on any atom is 0.257 e. The molecule has 0 atom stereocenters. The second-order valence-electron chi connectivity index (χ2n) is 6.54. The molecule has 1 aliphatic carbocycles. The van der Waals surface area contributed by atoms with E-state index in [0.717, 1.165) is 0 Å². The molecule has 8 heteroatoms. The van der Waals surface area contributed by atoms with Crippen molar-refractivity contribution in [1.82, 2.24) is 24.8 Å². The number of halogens is 2. The van der Waals surface area contributed by atoms with Crippen LogP contribution in [-0.4, -0.2) is 43.8 Å². The second-order valence-corrected chi connectivity index (χ2v) is 6.54. The second kappa shape index (κ2) is 4.46. The van der Waals surface area contributed by atoms with Gasteiger partial charge in [0.1, 0.15) is 11.5 Å².